The summed E-state index contributed by atoms with van der Waals surface area (Å²) in [7, 11) is 0. The van der Waals surface area contributed by atoms with Gasteiger partial charge in [-0.3, -0.25) is 0 Å². The summed E-state index contributed by atoms with van der Waals surface area (Å²) in [5, 5.41) is 0. The molecule has 3 rings (SSSR count). The van der Waals surface area contributed by atoms with Gasteiger partial charge in [0.05, 0.1) is 5.69 Å². The van der Waals surface area contributed by atoms with E-state index in [9.17, 15) is 0 Å². The number of imidazole rings is 1. The fourth-order valence-corrected chi connectivity index (χ4v) is 2.15. The molecule has 0 radical (unpaired) electrons. The van der Waals surface area contributed by atoms with E-state index < -0.39 is 0 Å². The van der Waals surface area contributed by atoms with Crippen LogP contribution in [0.4, 0.5) is 0 Å². The predicted octanol–water partition coefficient (Wildman–Crippen LogP) is 3.36. The number of rotatable bonds is 4. The molecule has 19 heavy (non-hydrogen) atoms. The summed E-state index contributed by atoms with van der Waals surface area (Å²) in [5.41, 5.74) is 3.68. The van der Waals surface area contributed by atoms with Crippen LogP contribution in [0, 0.1) is 0 Å². The summed E-state index contributed by atoms with van der Waals surface area (Å²) in [6.45, 7) is 2.18. The van der Waals surface area contributed by atoms with Crippen LogP contribution >= 0.6 is 0 Å². The Bertz CT molecular complexity index is 673. The molecule has 1 N–H and O–H groups in total. The Morgan fingerprint density at radius 3 is 2.74 bits per heavy atom. The number of aromatic amines is 1. The number of fused-ring (bicyclic) bond motifs is 1. The van der Waals surface area contributed by atoms with Crippen molar-refractivity contribution in [1.29, 1.82) is 0 Å². The Balaban J connectivity index is 2.08. The molecular formula is C15H16N4. The van der Waals surface area contributed by atoms with E-state index in [1.807, 2.05) is 30.3 Å². The van der Waals surface area contributed by atoms with Crippen LogP contribution in [0.5, 0.6) is 0 Å². The Morgan fingerprint density at radius 2 is 1.95 bits per heavy atom. The lowest BCUT2D eigenvalue weighted by Crippen LogP contribution is -1.88. The van der Waals surface area contributed by atoms with Gasteiger partial charge in [-0.2, -0.15) is 0 Å². The van der Waals surface area contributed by atoms with E-state index in [0.717, 1.165) is 47.5 Å². The van der Waals surface area contributed by atoms with E-state index in [2.05, 4.69) is 26.9 Å². The van der Waals surface area contributed by atoms with Crippen LogP contribution in [0.1, 0.15) is 25.6 Å². The van der Waals surface area contributed by atoms with E-state index in [1.165, 1.54) is 0 Å². The van der Waals surface area contributed by atoms with Gasteiger partial charge >= 0.3 is 0 Å². The predicted molar refractivity (Wildman–Crippen MR) is 75.7 cm³/mol. The second kappa shape index (κ2) is 5.18. The summed E-state index contributed by atoms with van der Waals surface area (Å²) < 4.78 is 0. The van der Waals surface area contributed by atoms with Crippen molar-refractivity contribution in [3.8, 4) is 11.3 Å². The van der Waals surface area contributed by atoms with E-state index in [1.54, 1.807) is 6.33 Å². The normalized spacial score (nSPS) is 11.0. The zero-order valence-corrected chi connectivity index (χ0v) is 10.9. The first-order valence-electron chi connectivity index (χ1n) is 6.63. The topological polar surface area (TPSA) is 54.5 Å². The quantitative estimate of drug-likeness (QED) is 0.774. The molecule has 4 nitrogen and oxygen atoms in total. The minimum atomic E-state index is 0.750. The van der Waals surface area contributed by atoms with Gasteiger partial charge in [-0.1, -0.05) is 43.7 Å². The van der Waals surface area contributed by atoms with Crippen LogP contribution in [0.15, 0.2) is 36.7 Å². The van der Waals surface area contributed by atoms with Gasteiger partial charge in [-0.15, -0.1) is 0 Å². The van der Waals surface area contributed by atoms with Crippen molar-refractivity contribution in [2.24, 2.45) is 0 Å². The minimum Gasteiger partial charge on any atom is -0.339 e. The number of H-pyrrole nitrogens is 1. The van der Waals surface area contributed by atoms with Crippen molar-refractivity contribution in [2.75, 3.05) is 0 Å². The van der Waals surface area contributed by atoms with E-state index in [4.69, 9.17) is 0 Å². The van der Waals surface area contributed by atoms with Gasteiger partial charge in [0.25, 0.3) is 0 Å². The van der Waals surface area contributed by atoms with E-state index in [0.29, 0.717) is 0 Å². The maximum atomic E-state index is 4.53. The highest BCUT2D eigenvalue weighted by Crippen LogP contribution is 2.23. The fraction of sp³-hybridized carbons (Fsp3) is 0.267. The van der Waals surface area contributed by atoms with Crippen molar-refractivity contribution in [2.45, 2.75) is 26.2 Å². The number of unbranched alkanes of at least 4 members (excludes halogenated alkanes) is 1. The van der Waals surface area contributed by atoms with Gasteiger partial charge in [0.15, 0.2) is 5.65 Å². The van der Waals surface area contributed by atoms with Gasteiger partial charge in [-0.25, -0.2) is 15.0 Å². The van der Waals surface area contributed by atoms with Crippen LogP contribution in [0.2, 0.25) is 0 Å². The monoisotopic (exact) mass is 252 g/mol. The summed E-state index contributed by atoms with van der Waals surface area (Å²) in [4.78, 5) is 16.5. The fourth-order valence-electron chi connectivity index (χ4n) is 2.15. The lowest BCUT2D eigenvalue weighted by Gasteiger charge is -2.00. The molecule has 0 aliphatic carbocycles. The van der Waals surface area contributed by atoms with Crippen LogP contribution in [-0.4, -0.2) is 19.9 Å². The first-order chi connectivity index (χ1) is 9.38. The maximum Gasteiger partial charge on any atom is 0.181 e. The number of aromatic nitrogens is 4. The minimum absolute atomic E-state index is 0.750. The van der Waals surface area contributed by atoms with E-state index in [-0.39, 0.29) is 0 Å². The number of hydrogen-bond donors (Lipinski definition) is 1. The summed E-state index contributed by atoms with van der Waals surface area (Å²) in [6, 6.07) is 10.1. The average molecular weight is 252 g/mol. The van der Waals surface area contributed by atoms with Crippen LogP contribution < -0.4 is 0 Å². The zero-order chi connectivity index (χ0) is 13.1. The van der Waals surface area contributed by atoms with Crippen LogP contribution in [0.3, 0.4) is 0 Å². The molecule has 0 spiro atoms. The molecule has 96 valence electrons. The number of benzene rings is 1. The molecule has 0 fully saturated rings. The molecule has 4 heteroatoms. The molecule has 0 atom stereocenters. The lowest BCUT2D eigenvalue weighted by atomic mass is 10.1. The molecule has 0 amide bonds. The SMILES string of the molecule is CCCCc1nc2ncnc(-c3ccccc3)c2[nH]1. The van der Waals surface area contributed by atoms with E-state index >= 15 is 0 Å². The van der Waals surface area contributed by atoms with Crippen molar-refractivity contribution in [1.82, 2.24) is 19.9 Å². The molecule has 0 saturated heterocycles. The second-order valence-electron chi connectivity index (χ2n) is 4.57. The molecule has 2 aromatic heterocycles. The molecule has 0 bridgehead atoms. The zero-order valence-electron chi connectivity index (χ0n) is 10.9. The molecule has 2 heterocycles. The number of nitrogens with one attached hydrogen (secondary N) is 1. The third-order valence-corrected chi connectivity index (χ3v) is 3.15. The van der Waals surface area contributed by atoms with Gasteiger partial charge in [0, 0.05) is 12.0 Å². The smallest absolute Gasteiger partial charge is 0.181 e. The Morgan fingerprint density at radius 1 is 1.11 bits per heavy atom. The van der Waals surface area contributed by atoms with Crippen molar-refractivity contribution in [3.63, 3.8) is 0 Å². The molecule has 0 aliphatic rings. The number of hydrogen-bond acceptors (Lipinski definition) is 3. The molecule has 3 aromatic rings. The molecular weight excluding hydrogens is 236 g/mol. The van der Waals surface area contributed by atoms with Gasteiger partial charge < -0.3 is 4.98 Å². The van der Waals surface area contributed by atoms with Crippen LogP contribution in [0.25, 0.3) is 22.4 Å². The number of nitrogens with zero attached hydrogens (tertiary/aromatic N) is 3. The lowest BCUT2D eigenvalue weighted by molar-refractivity contribution is 0.764. The summed E-state index contributed by atoms with van der Waals surface area (Å²) in [5.74, 6) is 0.995. The largest absolute Gasteiger partial charge is 0.339 e. The third kappa shape index (κ3) is 2.34. The van der Waals surface area contributed by atoms with Crippen LogP contribution in [-0.2, 0) is 6.42 Å². The highest BCUT2D eigenvalue weighted by atomic mass is 15.0. The van der Waals surface area contributed by atoms with Gasteiger partial charge in [0.2, 0.25) is 0 Å². The van der Waals surface area contributed by atoms with Crippen molar-refractivity contribution < 1.29 is 0 Å². The van der Waals surface area contributed by atoms with Crippen molar-refractivity contribution >= 4 is 11.2 Å². The standard InChI is InChI=1S/C15H16N4/c1-2-3-9-12-18-14-13(11-7-5-4-6-8-11)16-10-17-15(14)19-12/h4-8,10H,2-3,9H2,1H3,(H,16,17,18,19). The van der Waals surface area contributed by atoms with Gasteiger partial charge in [0.1, 0.15) is 17.7 Å². The van der Waals surface area contributed by atoms with Crippen molar-refractivity contribution in [3.05, 3.63) is 42.5 Å². The highest BCUT2D eigenvalue weighted by molar-refractivity contribution is 5.86. The third-order valence-electron chi connectivity index (χ3n) is 3.15. The Labute approximate surface area is 111 Å². The molecule has 0 saturated carbocycles. The van der Waals surface area contributed by atoms with Gasteiger partial charge in [-0.05, 0) is 6.42 Å². The molecule has 0 aliphatic heterocycles. The summed E-state index contributed by atoms with van der Waals surface area (Å²) in [6.07, 6.45) is 4.83. The second-order valence-corrected chi connectivity index (χ2v) is 4.57. The first-order valence-corrected chi connectivity index (χ1v) is 6.63. The molecule has 0 unspecified atom stereocenters. The first kappa shape index (κ1) is 11.8. The Hall–Kier alpha value is -2.23. The average Bonchev–Trinajstić information content (AvgIpc) is 2.88. The summed E-state index contributed by atoms with van der Waals surface area (Å²) >= 11 is 0. The highest BCUT2D eigenvalue weighted by Gasteiger charge is 2.10. The maximum absolute atomic E-state index is 4.53. The molecule has 1 aromatic carbocycles. The Kier molecular flexibility index (Phi) is 3.23. The number of aryl methyl sites for hydroxylation is 1.